The highest BCUT2D eigenvalue weighted by atomic mass is 35.5. The van der Waals surface area contributed by atoms with Crippen LogP contribution in [-0.2, 0) is 0 Å². The van der Waals surface area contributed by atoms with E-state index in [0.717, 1.165) is 17.0 Å². The third-order valence-corrected chi connectivity index (χ3v) is 2.71. The maximum absolute atomic E-state index is 13.5. The summed E-state index contributed by atoms with van der Waals surface area (Å²) in [6.07, 6.45) is 0.108. The fourth-order valence-electron chi connectivity index (χ4n) is 1.33. The van der Waals surface area contributed by atoms with Crippen LogP contribution in [0.25, 0.3) is 0 Å². The Labute approximate surface area is 113 Å². The fourth-order valence-corrected chi connectivity index (χ4v) is 1.48. The molecule has 19 heavy (non-hydrogen) atoms. The van der Waals surface area contributed by atoms with Crippen molar-refractivity contribution in [3.63, 3.8) is 0 Å². The van der Waals surface area contributed by atoms with Gasteiger partial charge in [-0.05, 0) is 12.1 Å². The van der Waals surface area contributed by atoms with Gasteiger partial charge in [-0.1, -0.05) is 16.8 Å². The molecule has 0 saturated carbocycles. The molecule has 0 saturated heterocycles. The Morgan fingerprint density at radius 1 is 1.47 bits per heavy atom. The molecule has 8 heteroatoms. The van der Waals surface area contributed by atoms with Crippen LogP contribution in [-0.4, -0.2) is 35.4 Å². The summed E-state index contributed by atoms with van der Waals surface area (Å²) >= 11 is 5.39. The molecule has 0 fully saturated rings. The van der Waals surface area contributed by atoms with Gasteiger partial charge in [0.2, 0.25) is 0 Å². The largest absolute Gasteiger partial charge is 0.409 e. The van der Waals surface area contributed by atoms with Crippen molar-refractivity contribution in [2.24, 2.45) is 10.9 Å². The predicted octanol–water partition coefficient (Wildman–Crippen LogP) is 1.83. The van der Waals surface area contributed by atoms with E-state index in [1.54, 1.807) is 0 Å². The van der Waals surface area contributed by atoms with E-state index in [1.165, 1.54) is 7.05 Å². The first-order valence-corrected chi connectivity index (χ1v) is 5.61. The summed E-state index contributed by atoms with van der Waals surface area (Å²) in [5, 5.41) is 10.7. The number of amides is 1. The molecule has 0 bridgehead atoms. The average Bonchev–Trinajstić information content (AvgIpc) is 2.38. The Kier molecular flexibility index (Phi) is 5.05. The van der Waals surface area contributed by atoms with Crippen LogP contribution in [0.4, 0.5) is 8.78 Å². The van der Waals surface area contributed by atoms with Crippen LogP contribution in [0, 0.1) is 11.6 Å². The van der Waals surface area contributed by atoms with E-state index in [4.69, 9.17) is 22.5 Å². The highest BCUT2D eigenvalue weighted by Gasteiger charge is 2.19. The molecule has 5 nitrogen and oxygen atoms in total. The third-order valence-electron chi connectivity index (χ3n) is 2.42. The number of halogens is 3. The number of hydrogen-bond acceptors (Lipinski definition) is 3. The summed E-state index contributed by atoms with van der Waals surface area (Å²) < 4.78 is 26.7. The zero-order valence-electron chi connectivity index (χ0n) is 10.0. The lowest BCUT2D eigenvalue weighted by Crippen LogP contribution is -2.31. The average molecular weight is 292 g/mol. The van der Waals surface area contributed by atoms with Gasteiger partial charge in [0.1, 0.15) is 17.5 Å². The number of nitrogens with two attached hydrogens (primary N) is 1. The summed E-state index contributed by atoms with van der Waals surface area (Å²) in [5.41, 5.74) is 4.82. The Bertz CT molecular complexity index is 523. The van der Waals surface area contributed by atoms with Crippen LogP contribution in [0.3, 0.4) is 0 Å². The Hall–Kier alpha value is -1.89. The minimum atomic E-state index is -0.910. The molecule has 0 atom stereocenters. The van der Waals surface area contributed by atoms with Gasteiger partial charge in [-0.25, -0.2) is 8.78 Å². The lowest BCUT2D eigenvalue weighted by Gasteiger charge is -2.17. The van der Waals surface area contributed by atoms with Crippen molar-refractivity contribution in [3.05, 3.63) is 34.4 Å². The molecule has 1 aromatic carbocycles. The normalized spacial score (nSPS) is 11.5. The topological polar surface area (TPSA) is 78.9 Å². The molecule has 0 aromatic heterocycles. The second kappa shape index (κ2) is 6.33. The van der Waals surface area contributed by atoms with Gasteiger partial charge in [-0.3, -0.25) is 4.79 Å². The second-order valence-corrected chi connectivity index (χ2v) is 4.22. The summed E-state index contributed by atoms with van der Waals surface area (Å²) in [4.78, 5) is 13.0. The second-order valence-electron chi connectivity index (χ2n) is 3.81. The van der Waals surface area contributed by atoms with Crippen molar-refractivity contribution in [3.8, 4) is 0 Å². The summed E-state index contributed by atoms with van der Waals surface area (Å²) in [7, 11) is 1.39. The highest BCUT2D eigenvalue weighted by Crippen LogP contribution is 2.20. The summed E-state index contributed by atoms with van der Waals surface area (Å²) in [6, 6.07) is 1.47. The molecule has 1 aromatic rings. The number of nitrogens with zero attached hydrogens (tertiary/aromatic N) is 2. The van der Waals surface area contributed by atoms with Crippen molar-refractivity contribution in [2.75, 3.05) is 13.6 Å². The monoisotopic (exact) mass is 291 g/mol. The first kappa shape index (κ1) is 15.2. The molecule has 0 heterocycles. The molecule has 0 spiro atoms. The molecule has 104 valence electrons. The molecule has 3 N–H and O–H groups in total. The number of amidine groups is 1. The number of oxime groups is 1. The highest BCUT2D eigenvalue weighted by molar-refractivity contribution is 6.30. The molecule has 1 rings (SSSR count). The lowest BCUT2D eigenvalue weighted by molar-refractivity contribution is 0.0793. The van der Waals surface area contributed by atoms with Gasteiger partial charge >= 0.3 is 0 Å². The van der Waals surface area contributed by atoms with Gasteiger partial charge < -0.3 is 15.8 Å². The third kappa shape index (κ3) is 3.78. The number of hydrogen-bond donors (Lipinski definition) is 2. The predicted molar refractivity (Wildman–Crippen MR) is 66.4 cm³/mol. The van der Waals surface area contributed by atoms with Gasteiger partial charge in [0.25, 0.3) is 5.91 Å². The van der Waals surface area contributed by atoms with Gasteiger partial charge in [-0.15, -0.1) is 0 Å². The standard InChI is InChI=1S/C11H12ClF2N3O2/c1-17(3-2-10(15)16-19)11(18)6-4-9(14)7(12)5-8(6)13/h4-5,19H,2-3H2,1H3,(H2,15,16). The molecule has 0 aliphatic rings. The van der Waals surface area contributed by atoms with Crippen LogP contribution in [0.2, 0.25) is 5.02 Å². The maximum Gasteiger partial charge on any atom is 0.256 e. The molecular weight excluding hydrogens is 280 g/mol. The number of benzene rings is 1. The van der Waals surface area contributed by atoms with Crippen molar-refractivity contribution >= 4 is 23.3 Å². The Morgan fingerprint density at radius 3 is 2.68 bits per heavy atom. The zero-order chi connectivity index (χ0) is 14.6. The zero-order valence-corrected chi connectivity index (χ0v) is 10.8. The van der Waals surface area contributed by atoms with Crippen LogP contribution >= 0.6 is 11.6 Å². The Morgan fingerprint density at radius 2 is 2.11 bits per heavy atom. The maximum atomic E-state index is 13.5. The molecule has 0 aliphatic heterocycles. The molecular formula is C11H12ClF2N3O2. The number of carbonyl (C=O) groups is 1. The first-order chi connectivity index (χ1) is 8.86. The van der Waals surface area contributed by atoms with Crippen molar-refractivity contribution in [1.82, 2.24) is 4.90 Å². The van der Waals surface area contributed by atoms with Gasteiger partial charge in [0.15, 0.2) is 0 Å². The van der Waals surface area contributed by atoms with Gasteiger partial charge in [-0.2, -0.15) is 0 Å². The van der Waals surface area contributed by atoms with Crippen molar-refractivity contribution < 1.29 is 18.8 Å². The molecule has 0 radical (unpaired) electrons. The van der Waals surface area contributed by atoms with Crippen LogP contribution in [0.1, 0.15) is 16.8 Å². The van der Waals surface area contributed by atoms with E-state index in [-0.39, 0.29) is 18.8 Å². The minimum absolute atomic E-state index is 0.0672. The lowest BCUT2D eigenvalue weighted by atomic mass is 10.1. The van der Waals surface area contributed by atoms with Crippen LogP contribution in [0.15, 0.2) is 17.3 Å². The summed E-state index contributed by atoms with van der Waals surface area (Å²) in [5.74, 6) is -2.58. The molecule has 0 aliphatic carbocycles. The van der Waals surface area contributed by atoms with E-state index >= 15 is 0 Å². The quantitative estimate of drug-likeness (QED) is 0.292. The minimum Gasteiger partial charge on any atom is -0.409 e. The summed E-state index contributed by atoms with van der Waals surface area (Å²) in [6.45, 7) is 0.0956. The van der Waals surface area contributed by atoms with Crippen LogP contribution in [0.5, 0.6) is 0 Å². The van der Waals surface area contributed by atoms with E-state index < -0.39 is 28.1 Å². The number of rotatable bonds is 4. The van der Waals surface area contributed by atoms with E-state index in [1.807, 2.05) is 0 Å². The van der Waals surface area contributed by atoms with E-state index in [9.17, 15) is 13.6 Å². The van der Waals surface area contributed by atoms with Crippen molar-refractivity contribution in [1.29, 1.82) is 0 Å². The number of carbonyl (C=O) groups excluding carboxylic acids is 1. The SMILES string of the molecule is CN(CC/C(N)=N/O)C(=O)c1cc(F)c(Cl)cc1F. The van der Waals surface area contributed by atoms with Crippen molar-refractivity contribution in [2.45, 2.75) is 6.42 Å². The van der Waals surface area contributed by atoms with Gasteiger partial charge in [0.05, 0.1) is 10.6 Å². The van der Waals surface area contributed by atoms with E-state index in [2.05, 4.69) is 5.16 Å². The van der Waals surface area contributed by atoms with E-state index in [0.29, 0.717) is 0 Å². The first-order valence-electron chi connectivity index (χ1n) is 5.23. The van der Waals surface area contributed by atoms with Crippen LogP contribution < -0.4 is 5.73 Å². The fraction of sp³-hybridized carbons (Fsp3) is 0.273. The Balaban J connectivity index is 2.85. The molecule has 1 amide bonds. The molecule has 0 unspecified atom stereocenters. The van der Waals surface area contributed by atoms with Gasteiger partial charge in [0, 0.05) is 20.0 Å². The smallest absolute Gasteiger partial charge is 0.256 e.